The van der Waals surface area contributed by atoms with Gasteiger partial charge in [-0.1, -0.05) is 48.5 Å². The van der Waals surface area contributed by atoms with Crippen molar-refractivity contribution in [3.8, 4) is 0 Å². The van der Waals surface area contributed by atoms with Crippen molar-refractivity contribution in [2.45, 2.75) is 19.4 Å². The molecule has 0 aromatic heterocycles. The quantitative estimate of drug-likeness (QED) is 0.944. The van der Waals surface area contributed by atoms with Crippen LogP contribution in [0, 0.1) is 0 Å². The Morgan fingerprint density at radius 2 is 1.86 bits per heavy atom. The molecule has 0 radical (unpaired) electrons. The number of hydrogen-bond donors (Lipinski definition) is 1. The summed E-state index contributed by atoms with van der Waals surface area (Å²) in [5, 5.41) is 3.38. The van der Waals surface area contributed by atoms with Gasteiger partial charge in [0.25, 0.3) is 5.91 Å². The molecular weight excluding hydrogens is 272 g/mol. The summed E-state index contributed by atoms with van der Waals surface area (Å²) in [6, 6.07) is 18.6. The number of benzene rings is 2. The first-order valence-corrected chi connectivity index (χ1v) is 7.88. The normalized spacial score (nSPS) is 18.2. The van der Waals surface area contributed by atoms with Crippen LogP contribution < -0.4 is 5.32 Å². The molecule has 2 aromatic rings. The molecule has 1 amide bonds. The van der Waals surface area contributed by atoms with Crippen molar-refractivity contribution in [2.24, 2.45) is 0 Å². The van der Waals surface area contributed by atoms with E-state index in [1.54, 1.807) is 0 Å². The van der Waals surface area contributed by atoms with Crippen LogP contribution >= 0.6 is 0 Å². The minimum Gasteiger partial charge on any atom is -0.336 e. The first-order valence-electron chi connectivity index (χ1n) is 7.88. The smallest absolute Gasteiger partial charge is 0.254 e. The second kappa shape index (κ2) is 6.75. The molecule has 1 saturated heterocycles. The van der Waals surface area contributed by atoms with Gasteiger partial charge in [-0.15, -0.1) is 0 Å². The van der Waals surface area contributed by atoms with Crippen molar-refractivity contribution < 1.29 is 4.79 Å². The average molecular weight is 294 g/mol. The molecule has 0 aliphatic carbocycles. The van der Waals surface area contributed by atoms with Crippen molar-refractivity contribution in [3.63, 3.8) is 0 Å². The van der Waals surface area contributed by atoms with Crippen LogP contribution in [0.25, 0.3) is 0 Å². The second-order valence-electron chi connectivity index (χ2n) is 5.93. The summed E-state index contributed by atoms with van der Waals surface area (Å²) in [6.45, 7) is 4.55. The Bertz CT molecular complexity index is 639. The van der Waals surface area contributed by atoms with E-state index >= 15 is 0 Å². The van der Waals surface area contributed by atoms with E-state index in [0.717, 1.165) is 37.2 Å². The van der Waals surface area contributed by atoms with E-state index < -0.39 is 0 Å². The zero-order chi connectivity index (χ0) is 15.4. The highest BCUT2D eigenvalue weighted by atomic mass is 16.2. The van der Waals surface area contributed by atoms with Gasteiger partial charge < -0.3 is 10.2 Å². The Hall–Kier alpha value is -2.13. The topological polar surface area (TPSA) is 32.3 Å². The molecule has 3 heteroatoms. The summed E-state index contributed by atoms with van der Waals surface area (Å²) in [5.74, 6) is 0.153. The summed E-state index contributed by atoms with van der Waals surface area (Å²) in [7, 11) is 0. The fraction of sp³-hybridized carbons (Fsp3) is 0.316. The molecule has 0 spiro atoms. The molecular formula is C19H22N2O. The molecule has 1 heterocycles. The molecule has 1 atom stereocenters. The third-order valence-electron chi connectivity index (χ3n) is 4.14. The lowest BCUT2D eigenvalue weighted by molar-refractivity contribution is 0.0708. The van der Waals surface area contributed by atoms with Crippen LogP contribution in [-0.2, 0) is 6.42 Å². The fourth-order valence-electron chi connectivity index (χ4n) is 2.99. The monoisotopic (exact) mass is 294 g/mol. The number of amides is 1. The zero-order valence-corrected chi connectivity index (χ0v) is 13.0. The molecule has 0 saturated carbocycles. The maximum absolute atomic E-state index is 12.9. The second-order valence-corrected chi connectivity index (χ2v) is 5.93. The van der Waals surface area contributed by atoms with Gasteiger partial charge in [-0.3, -0.25) is 4.79 Å². The van der Waals surface area contributed by atoms with Crippen LogP contribution in [0.2, 0.25) is 0 Å². The van der Waals surface area contributed by atoms with Crippen molar-refractivity contribution in [1.82, 2.24) is 10.2 Å². The number of rotatable bonds is 3. The third kappa shape index (κ3) is 3.37. The highest BCUT2D eigenvalue weighted by Gasteiger charge is 2.23. The van der Waals surface area contributed by atoms with Gasteiger partial charge in [0.15, 0.2) is 0 Å². The van der Waals surface area contributed by atoms with Gasteiger partial charge in [0.2, 0.25) is 0 Å². The first kappa shape index (κ1) is 14.8. The minimum absolute atomic E-state index is 0.153. The van der Waals surface area contributed by atoms with Crippen LogP contribution in [0.1, 0.15) is 28.4 Å². The molecule has 1 aliphatic heterocycles. The van der Waals surface area contributed by atoms with Crippen molar-refractivity contribution in [1.29, 1.82) is 0 Å². The molecule has 0 bridgehead atoms. The van der Waals surface area contributed by atoms with Gasteiger partial charge in [0.1, 0.15) is 0 Å². The van der Waals surface area contributed by atoms with Gasteiger partial charge in [0.05, 0.1) is 0 Å². The molecule has 1 aliphatic rings. The van der Waals surface area contributed by atoms with Crippen LogP contribution in [0.15, 0.2) is 54.6 Å². The number of carbonyl (C=O) groups excluding carboxylic acids is 1. The number of nitrogens with one attached hydrogen (secondary N) is 1. The van der Waals surface area contributed by atoms with Crippen molar-refractivity contribution in [2.75, 3.05) is 19.6 Å². The van der Waals surface area contributed by atoms with E-state index in [9.17, 15) is 4.79 Å². The average Bonchev–Trinajstić information content (AvgIpc) is 2.56. The molecule has 2 aromatic carbocycles. The van der Waals surface area contributed by atoms with Gasteiger partial charge in [-0.2, -0.15) is 0 Å². The maximum atomic E-state index is 12.9. The molecule has 22 heavy (non-hydrogen) atoms. The number of hydrogen-bond acceptors (Lipinski definition) is 2. The lowest BCUT2D eigenvalue weighted by Gasteiger charge is -2.32. The Balaban J connectivity index is 1.83. The van der Waals surface area contributed by atoms with E-state index in [-0.39, 0.29) is 5.91 Å². The number of piperazine rings is 1. The Labute approximate surface area is 132 Å². The van der Waals surface area contributed by atoms with E-state index in [4.69, 9.17) is 0 Å². The summed E-state index contributed by atoms with van der Waals surface area (Å²) < 4.78 is 0. The lowest BCUT2D eigenvalue weighted by Crippen LogP contribution is -2.51. The van der Waals surface area contributed by atoms with E-state index in [0.29, 0.717) is 6.04 Å². The Kier molecular flexibility index (Phi) is 4.54. The van der Waals surface area contributed by atoms with Gasteiger partial charge in [-0.05, 0) is 30.5 Å². The van der Waals surface area contributed by atoms with Crippen LogP contribution in [-0.4, -0.2) is 36.5 Å². The molecule has 1 N–H and O–H groups in total. The molecule has 3 nitrogen and oxygen atoms in total. The van der Waals surface area contributed by atoms with E-state index in [2.05, 4.69) is 30.4 Å². The number of carbonyl (C=O) groups is 1. The summed E-state index contributed by atoms with van der Waals surface area (Å²) in [4.78, 5) is 14.8. The highest BCUT2D eigenvalue weighted by molar-refractivity contribution is 5.96. The lowest BCUT2D eigenvalue weighted by atomic mass is 9.98. The fourth-order valence-corrected chi connectivity index (χ4v) is 2.99. The predicted octanol–water partition coefficient (Wildman–Crippen LogP) is 2.71. The molecule has 3 rings (SSSR count). The summed E-state index contributed by atoms with van der Waals surface area (Å²) in [6.07, 6.45) is 0.796. The third-order valence-corrected chi connectivity index (χ3v) is 4.14. The SMILES string of the molecule is CC1CN(C(=O)c2ccccc2Cc2ccccc2)CCN1. The van der Waals surface area contributed by atoms with E-state index in [1.807, 2.05) is 41.3 Å². The van der Waals surface area contributed by atoms with Crippen molar-refractivity contribution >= 4 is 5.91 Å². The van der Waals surface area contributed by atoms with Gasteiger partial charge in [-0.25, -0.2) is 0 Å². The highest BCUT2D eigenvalue weighted by Crippen LogP contribution is 2.17. The first-order chi connectivity index (χ1) is 10.7. The van der Waals surface area contributed by atoms with Crippen LogP contribution in [0.3, 0.4) is 0 Å². The Morgan fingerprint density at radius 3 is 2.64 bits per heavy atom. The maximum Gasteiger partial charge on any atom is 0.254 e. The van der Waals surface area contributed by atoms with Gasteiger partial charge >= 0.3 is 0 Å². The minimum atomic E-state index is 0.153. The zero-order valence-electron chi connectivity index (χ0n) is 13.0. The molecule has 1 unspecified atom stereocenters. The molecule has 114 valence electrons. The predicted molar refractivity (Wildman–Crippen MR) is 89.1 cm³/mol. The van der Waals surface area contributed by atoms with Crippen LogP contribution in [0.4, 0.5) is 0 Å². The van der Waals surface area contributed by atoms with Crippen molar-refractivity contribution in [3.05, 3.63) is 71.3 Å². The summed E-state index contributed by atoms with van der Waals surface area (Å²) >= 11 is 0. The van der Waals surface area contributed by atoms with Gasteiger partial charge in [0, 0.05) is 31.2 Å². The standard InChI is InChI=1S/C19H22N2O/c1-15-14-21(12-11-20-15)19(22)18-10-6-5-9-17(18)13-16-7-3-2-4-8-16/h2-10,15,20H,11-14H2,1H3. The van der Waals surface area contributed by atoms with E-state index in [1.165, 1.54) is 5.56 Å². The number of nitrogens with zero attached hydrogens (tertiary/aromatic N) is 1. The Morgan fingerprint density at radius 1 is 1.14 bits per heavy atom. The largest absolute Gasteiger partial charge is 0.336 e. The molecule has 1 fully saturated rings. The van der Waals surface area contributed by atoms with Crippen LogP contribution in [0.5, 0.6) is 0 Å². The summed E-state index contributed by atoms with van der Waals surface area (Å²) in [5.41, 5.74) is 3.17.